The maximum atomic E-state index is 8.41. The van der Waals surface area contributed by atoms with Gasteiger partial charge in [0.05, 0.1) is 0 Å². The molecule has 2 rings (SSSR count). The van der Waals surface area contributed by atoms with E-state index in [-0.39, 0.29) is 6.61 Å². The highest BCUT2D eigenvalue weighted by Crippen LogP contribution is 2.14. The number of hydrogen-bond acceptors (Lipinski definition) is 4. The molecule has 0 spiro atoms. The standard InChI is InChI=1S/C14H12ClN3O/c15-13-2-1-3-14(18-13)17-10-11-4-6-12(7-5-11)19-9-8-16/h1-7H,9-10H2,(H,17,18). The topological polar surface area (TPSA) is 57.9 Å². The lowest BCUT2D eigenvalue weighted by Gasteiger charge is -2.07. The van der Waals surface area contributed by atoms with Crippen LogP contribution in [-0.2, 0) is 6.54 Å². The van der Waals surface area contributed by atoms with E-state index in [1.807, 2.05) is 42.5 Å². The van der Waals surface area contributed by atoms with Gasteiger partial charge >= 0.3 is 0 Å². The largest absolute Gasteiger partial charge is 0.479 e. The van der Waals surface area contributed by atoms with Crippen molar-refractivity contribution in [3.8, 4) is 11.8 Å². The first-order chi connectivity index (χ1) is 9.28. The van der Waals surface area contributed by atoms with Gasteiger partial charge in [0.25, 0.3) is 0 Å². The average Bonchev–Trinajstić information content (AvgIpc) is 2.44. The highest BCUT2D eigenvalue weighted by Gasteiger charge is 1.98. The van der Waals surface area contributed by atoms with Crippen LogP contribution in [0.3, 0.4) is 0 Å². The lowest BCUT2D eigenvalue weighted by molar-refractivity contribution is 0.368. The van der Waals surface area contributed by atoms with Crippen molar-refractivity contribution < 1.29 is 4.74 Å². The van der Waals surface area contributed by atoms with Crippen LogP contribution in [0.25, 0.3) is 0 Å². The fraction of sp³-hybridized carbons (Fsp3) is 0.143. The Labute approximate surface area is 116 Å². The maximum Gasteiger partial charge on any atom is 0.174 e. The third kappa shape index (κ3) is 4.16. The molecule has 0 aliphatic rings. The average molecular weight is 274 g/mol. The number of ether oxygens (including phenoxy) is 1. The van der Waals surface area contributed by atoms with Crippen molar-refractivity contribution >= 4 is 17.4 Å². The highest BCUT2D eigenvalue weighted by atomic mass is 35.5. The Balaban J connectivity index is 1.91. The number of aromatic nitrogens is 1. The van der Waals surface area contributed by atoms with E-state index < -0.39 is 0 Å². The van der Waals surface area contributed by atoms with Crippen LogP contribution in [-0.4, -0.2) is 11.6 Å². The first-order valence-electron chi connectivity index (χ1n) is 5.73. The summed E-state index contributed by atoms with van der Waals surface area (Å²) >= 11 is 5.80. The second-order valence-corrected chi connectivity index (χ2v) is 4.18. The molecule has 0 fully saturated rings. The fourth-order valence-corrected chi connectivity index (χ4v) is 1.68. The molecule has 5 heteroatoms. The minimum atomic E-state index is 0.0596. The zero-order valence-corrected chi connectivity index (χ0v) is 10.9. The number of nitrogens with one attached hydrogen (secondary N) is 1. The Kier molecular flexibility index (Phi) is 4.60. The summed E-state index contributed by atoms with van der Waals surface area (Å²) in [5.41, 5.74) is 1.09. The number of hydrogen-bond donors (Lipinski definition) is 1. The van der Waals surface area contributed by atoms with Gasteiger partial charge in [-0.3, -0.25) is 0 Å². The highest BCUT2D eigenvalue weighted by molar-refractivity contribution is 6.29. The van der Waals surface area contributed by atoms with E-state index >= 15 is 0 Å². The minimum absolute atomic E-state index is 0.0596. The van der Waals surface area contributed by atoms with E-state index in [9.17, 15) is 0 Å². The van der Waals surface area contributed by atoms with Crippen LogP contribution in [0.1, 0.15) is 5.56 Å². The summed E-state index contributed by atoms with van der Waals surface area (Å²) in [5, 5.41) is 12.1. The van der Waals surface area contributed by atoms with Crippen LogP contribution in [0.5, 0.6) is 5.75 Å². The molecule has 4 nitrogen and oxygen atoms in total. The molecule has 2 aromatic rings. The fourth-order valence-electron chi connectivity index (χ4n) is 1.52. The smallest absolute Gasteiger partial charge is 0.174 e. The molecule has 1 heterocycles. The predicted molar refractivity (Wildman–Crippen MR) is 74.1 cm³/mol. The van der Waals surface area contributed by atoms with E-state index in [0.29, 0.717) is 17.4 Å². The molecule has 0 saturated heterocycles. The molecule has 0 amide bonds. The quantitative estimate of drug-likeness (QED) is 0.850. The number of nitriles is 1. The molecule has 0 aliphatic heterocycles. The molecule has 96 valence electrons. The summed E-state index contributed by atoms with van der Waals surface area (Å²) in [5.74, 6) is 1.42. The van der Waals surface area contributed by atoms with Crippen LogP contribution >= 0.6 is 11.6 Å². The molecule has 19 heavy (non-hydrogen) atoms. The first kappa shape index (κ1) is 13.2. The van der Waals surface area contributed by atoms with Gasteiger partial charge < -0.3 is 10.1 Å². The monoisotopic (exact) mass is 273 g/mol. The molecule has 0 bridgehead atoms. The zero-order chi connectivity index (χ0) is 13.5. The molecule has 0 radical (unpaired) electrons. The van der Waals surface area contributed by atoms with Crippen LogP contribution in [0.2, 0.25) is 5.15 Å². The summed E-state index contributed by atoms with van der Waals surface area (Å²) in [6.45, 7) is 0.704. The van der Waals surface area contributed by atoms with Crippen molar-refractivity contribution in [2.45, 2.75) is 6.54 Å². The number of anilines is 1. The molecule has 1 aromatic carbocycles. The Bertz CT molecular complexity index is 578. The van der Waals surface area contributed by atoms with Crippen LogP contribution in [0.4, 0.5) is 5.82 Å². The second-order valence-electron chi connectivity index (χ2n) is 3.79. The van der Waals surface area contributed by atoms with Crippen LogP contribution in [0.15, 0.2) is 42.5 Å². The third-order valence-electron chi connectivity index (χ3n) is 2.42. The van der Waals surface area contributed by atoms with Crippen LogP contribution < -0.4 is 10.1 Å². The first-order valence-corrected chi connectivity index (χ1v) is 6.11. The molecular weight excluding hydrogens is 262 g/mol. The van der Waals surface area contributed by atoms with Crippen LogP contribution in [0, 0.1) is 11.3 Å². The Morgan fingerprint density at radius 3 is 2.68 bits per heavy atom. The van der Waals surface area contributed by atoms with E-state index in [2.05, 4.69) is 10.3 Å². The summed E-state index contributed by atoms with van der Waals surface area (Å²) in [6.07, 6.45) is 0. The van der Waals surface area contributed by atoms with E-state index in [1.54, 1.807) is 6.07 Å². The van der Waals surface area contributed by atoms with Crippen molar-refractivity contribution in [1.29, 1.82) is 5.26 Å². The summed E-state index contributed by atoms with van der Waals surface area (Å²) in [4.78, 5) is 4.14. The third-order valence-corrected chi connectivity index (χ3v) is 2.63. The van der Waals surface area contributed by atoms with Crippen molar-refractivity contribution in [1.82, 2.24) is 4.98 Å². The minimum Gasteiger partial charge on any atom is -0.479 e. The van der Waals surface area contributed by atoms with E-state index in [4.69, 9.17) is 21.6 Å². The summed E-state index contributed by atoms with van der Waals surface area (Å²) in [7, 11) is 0. The predicted octanol–water partition coefficient (Wildman–Crippen LogP) is 3.25. The van der Waals surface area contributed by atoms with Gasteiger partial charge in [0, 0.05) is 6.54 Å². The van der Waals surface area contributed by atoms with Gasteiger partial charge in [0.15, 0.2) is 6.61 Å². The van der Waals surface area contributed by atoms with E-state index in [1.165, 1.54) is 0 Å². The molecule has 1 N–H and O–H groups in total. The number of halogens is 1. The SMILES string of the molecule is N#CCOc1ccc(CNc2cccc(Cl)n2)cc1. The second kappa shape index (κ2) is 6.62. The van der Waals surface area contributed by atoms with Gasteiger partial charge in [-0.05, 0) is 29.8 Å². The van der Waals surface area contributed by atoms with Gasteiger partial charge in [-0.2, -0.15) is 5.26 Å². The van der Waals surface area contributed by atoms with E-state index in [0.717, 1.165) is 11.4 Å². The van der Waals surface area contributed by atoms with Gasteiger partial charge in [0.1, 0.15) is 22.8 Å². The van der Waals surface area contributed by atoms with Crippen molar-refractivity contribution in [2.75, 3.05) is 11.9 Å². The van der Waals surface area contributed by atoms with Gasteiger partial charge in [-0.25, -0.2) is 4.98 Å². The molecular formula is C14H12ClN3O. The van der Waals surface area contributed by atoms with Crippen molar-refractivity contribution in [3.63, 3.8) is 0 Å². The molecule has 1 aromatic heterocycles. The molecule has 0 aliphatic carbocycles. The normalized spacial score (nSPS) is 9.68. The zero-order valence-electron chi connectivity index (χ0n) is 10.1. The Morgan fingerprint density at radius 1 is 1.21 bits per heavy atom. The van der Waals surface area contributed by atoms with Crippen molar-refractivity contribution in [2.24, 2.45) is 0 Å². The lowest BCUT2D eigenvalue weighted by Crippen LogP contribution is -2.01. The van der Waals surface area contributed by atoms with Gasteiger partial charge in [-0.15, -0.1) is 0 Å². The summed E-state index contributed by atoms with van der Waals surface area (Å²) < 4.78 is 5.18. The number of rotatable bonds is 5. The number of benzene rings is 1. The van der Waals surface area contributed by atoms with Crippen molar-refractivity contribution in [3.05, 3.63) is 53.2 Å². The molecule has 0 saturated carbocycles. The number of nitrogens with zero attached hydrogens (tertiary/aromatic N) is 2. The van der Waals surface area contributed by atoms with Gasteiger partial charge in [-0.1, -0.05) is 29.8 Å². The molecule has 0 atom stereocenters. The Morgan fingerprint density at radius 2 is 2.00 bits per heavy atom. The summed E-state index contributed by atoms with van der Waals surface area (Å²) in [6, 6.07) is 14.9. The molecule has 0 unspecified atom stereocenters. The number of pyridine rings is 1. The maximum absolute atomic E-state index is 8.41. The lowest BCUT2D eigenvalue weighted by atomic mass is 10.2. The van der Waals surface area contributed by atoms with Gasteiger partial charge in [0.2, 0.25) is 0 Å². The Hall–Kier alpha value is -2.25.